The first-order valence-corrected chi connectivity index (χ1v) is 11.5. The van der Waals surface area contributed by atoms with Crippen LogP contribution in [0.2, 0.25) is 5.02 Å². The number of rotatable bonds is 6. The maximum atomic E-state index is 13.4. The number of fused-ring (bicyclic) bond motifs is 4. The average Bonchev–Trinajstić information content (AvgIpc) is 3.28. The number of nitrogens with zero attached hydrogens (tertiary/aromatic N) is 6. The second-order valence-corrected chi connectivity index (χ2v) is 8.83. The predicted molar refractivity (Wildman–Crippen MR) is 130 cm³/mol. The van der Waals surface area contributed by atoms with E-state index in [4.69, 9.17) is 26.4 Å². The number of pyridine rings is 2. The molecule has 0 spiro atoms. The molecule has 0 aliphatic carbocycles. The van der Waals surface area contributed by atoms with Gasteiger partial charge in [-0.05, 0) is 31.5 Å². The zero-order chi connectivity index (χ0) is 24.5. The summed E-state index contributed by atoms with van der Waals surface area (Å²) in [5, 5.41) is 21.5. The predicted octanol–water partition coefficient (Wildman–Crippen LogP) is 2.26. The first kappa shape index (κ1) is 23.2. The number of aliphatic hydroxyl groups excluding tert-OH is 2. The molecular weight excluding hydrogens is 474 g/mol. The highest BCUT2D eigenvalue weighted by atomic mass is 35.5. The minimum Gasteiger partial charge on any atom is -0.474 e. The Hall–Kier alpha value is -3.54. The summed E-state index contributed by atoms with van der Waals surface area (Å²) in [6.07, 6.45) is 4.20. The second-order valence-electron chi connectivity index (χ2n) is 8.42. The third kappa shape index (κ3) is 4.70. The fourth-order valence-corrected chi connectivity index (χ4v) is 4.50. The molecule has 5 rings (SSSR count). The van der Waals surface area contributed by atoms with Gasteiger partial charge in [-0.25, -0.2) is 19.7 Å². The van der Waals surface area contributed by atoms with Crippen molar-refractivity contribution < 1.29 is 19.7 Å². The lowest BCUT2D eigenvalue weighted by Gasteiger charge is -2.36. The Morgan fingerprint density at radius 2 is 2.17 bits per heavy atom. The molecule has 1 unspecified atom stereocenters. The first-order chi connectivity index (χ1) is 16.9. The standard InChI is InChI=1S/C23H24ClN7O4/c1-13-6-14(2-4-25-13)21-17(24)7-18-22(29-21)31(15-3-5-30(18)10-15)23(34)28-19-8-27-20(9-26-19)35-12-16(33)11-32/h2,4,6-9,15-16,32-33H,3,5,10-12H2,1H3,(H,26,28,34)/t15-,16?/m0/s1. The maximum Gasteiger partial charge on any atom is 0.329 e. The third-order valence-corrected chi connectivity index (χ3v) is 6.21. The summed E-state index contributed by atoms with van der Waals surface area (Å²) in [7, 11) is 0. The van der Waals surface area contributed by atoms with Gasteiger partial charge in [-0.2, -0.15) is 0 Å². The van der Waals surface area contributed by atoms with E-state index in [-0.39, 0.29) is 30.4 Å². The van der Waals surface area contributed by atoms with E-state index in [0.717, 1.165) is 29.9 Å². The molecule has 0 radical (unpaired) electrons. The van der Waals surface area contributed by atoms with Crippen molar-refractivity contribution >= 4 is 35.0 Å². The number of ether oxygens (including phenoxy) is 1. The summed E-state index contributed by atoms with van der Waals surface area (Å²) < 4.78 is 5.26. The molecule has 2 aliphatic rings. The Kier molecular flexibility index (Phi) is 6.37. The van der Waals surface area contributed by atoms with Crippen LogP contribution in [0, 0.1) is 6.92 Å². The summed E-state index contributed by atoms with van der Waals surface area (Å²) in [5.74, 6) is 0.945. The molecule has 2 atom stereocenters. The molecule has 35 heavy (non-hydrogen) atoms. The molecule has 3 N–H and O–H groups in total. The Bertz CT molecular complexity index is 1240. The number of carbonyl (C=O) groups is 1. The van der Waals surface area contributed by atoms with Gasteiger partial charge in [0.05, 0.1) is 41.4 Å². The Labute approximate surface area is 206 Å². The monoisotopic (exact) mass is 497 g/mol. The van der Waals surface area contributed by atoms with E-state index in [9.17, 15) is 9.90 Å². The van der Waals surface area contributed by atoms with Crippen molar-refractivity contribution in [2.24, 2.45) is 0 Å². The first-order valence-electron chi connectivity index (χ1n) is 11.2. The van der Waals surface area contributed by atoms with Crippen LogP contribution >= 0.6 is 11.6 Å². The number of nitrogens with one attached hydrogen (secondary N) is 1. The van der Waals surface area contributed by atoms with Crippen LogP contribution in [0.3, 0.4) is 0 Å². The zero-order valence-corrected chi connectivity index (χ0v) is 19.7. The van der Waals surface area contributed by atoms with Crippen LogP contribution in [0.25, 0.3) is 11.3 Å². The lowest BCUT2D eigenvalue weighted by atomic mass is 10.1. The SMILES string of the molecule is Cc1cc(-c2nc3c(cc2Cl)N2CC[C@@H](C2)N3C(=O)Nc2cnc(OCC(O)CO)cn2)ccn1. The molecule has 11 nitrogen and oxygen atoms in total. The highest BCUT2D eigenvalue weighted by Gasteiger charge is 2.41. The molecule has 2 aliphatic heterocycles. The van der Waals surface area contributed by atoms with Crippen molar-refractivity contribution in [2.45, 2.75) is 25.5 Å². The van der Waals surface area contributed by atoms with E-state index in [1.165, 1.54) is 12.4 Å². The summed E-state index contributed by atoms with van der Waals surface area (Å²) in [5.41, 5.74) is 3.06. The number of aliphatic hydroxyl groups is 2. The third-order valence-electron chi connectivity index (χ3n) is 5.92. The van der Waals surface area contributed by atoms with Gasteiger partial charge in [0, 0.05) is 30.5 Å². The quantitative estimate of drug-likeness (QED) is 0.468. The molecular formula is C23H24ClN7O4. The van der Waals surface area contributed by atoms with Crippen molar-refractivity contribution in [1.82, 2.24) is 19.9 Å². The number of aryl methyl sites for hydroxylation is 1. The van der Waals surface area contributed by atoms with Crippen LogP contribution in [0.4, 0.5) is 22.1 Å². The summed E-state index contributed by atoms with van der Waals surface area (Å²) in [4.78, 5) is 34.6. The molecule has 0 aromatic carbocycles. The number of hydrogen-bond acceptors (Lipinski definition) is 9. The minimum absolute atomic E-state index is 0.0428. The molecule has 182 valence electrons. The summed E-state index contributed by atoms with van der Waals surface area (Å²) in [6.45, 7) is 2.86. The van der Waals surface area contributed by atoms with Gasteiger partial charge in [0.15, 0.2) is 11.6 Å². The fraction of sp³-hybridized carbons (Fsp3) is 0.348. The van der Waals surface area contributed by atoms with Gasteiger partial charge < -0.3 is 19.8 Å². The van der Waals surface area contributed by atoms with E-state index >= 15 is 0 Å². The van der Waals surface area contributed by atoms with Gasteiger partial charge in [0.1, 0.15) is 12.7 Å². The van der Waals surface area contributed by atoms with E-state index < -0.39 is 12.7 Å². The van der Waals surface area contributed by atoms with Crippen LogP contribution in [-0.4, -0.2) is 74.6 Å². The maximum absolute atomic E-state index is 13.4. The van der Waals surface area contributed by atoms with Crippen LogP contribution in [0.1, 0.15) is 12.1 Å². The zero-order valence-electron chi connectivity index (χ0n) is 18.9. The summed E-state index contributed by atoms with van der Waals surface area (Å²) >= 11 is 6.62. The number of carbonyl (C=O) groups excluding carboxylic acids is 1. The highest BCUT2D eigenvalue weighted by Crippen LogP contribution is 2.43. The van der Waals surface area contributed by atoms with Gasteiger partial charge in [0.25, 0.3) is 0 Å². The number of urea groups is 1. The van der Waals surface area contributed by atoms with E-state index in [1.54, 1.807) is 11.1 Å². The topological polar surface area (TPSA) is 137 Å². The van der Waals surface area contributed by atoms with E-state index in [2.05, 4.69) is 25.2 Å². The number of anilines is 3. The van der Waals surface area contributed by atoms with Crippen molar-refractivity contribution in [1.29, 1.82) is 0 Å². The van der Waals surface area contributed by atoms with E-state index in [0.29, 0.717) is 23.1 Å². The van der Waals surface area contributed by atoms with Gasteiger partial charge in [-0.1, -0.05) is 11.6 Å². The van der Waals surface area contributed by atoms with Gasteiger partial charge in [-0.15, -0.1) is 0 Å². The minimum atomic E-state index is -1.01. The van der Waals surface area contributed by atoms with Crippen LogP contribution in [0.5, 0.6) is 5.88 Å². The van der Waals surface area contributed by atoms with Gasteiger partial charge in [0.2, 0.25) is 5.88 Å². The Balaban J connectivity index is 1.41. The second kappa shape index (κ2) is 9.61. The highest BCUT2D eigenvalue weighted by molar-refractivity contribution is 6.33. The molecule has 3 aromatic heterocycles. The van der Waals surface area contributed by atoms with Gasteiger partial charge >= 0.3 is 6.03 Å². The smallest absolute Gasteiger partial charge is 0.329 e. The van der Waals surface area contributed by atoms with Crippen LogP contribution < -0.4 is 19.9 Å². The van der Waals surface area contributed by atoms with Crippen molar-refractivity contribution in [3.8, 4) is 17.1 Å². The van der Waals surface area contributed by atoms with Crippen LogP contribution in [-0.2, 0) is 0 Å². The van der Waals surface area contributed by atoms with Gasteiger partial charge in [-0.3, -0.25) is 15.2 Å². The lowest BCUT2D eigenvalue weighted by molar-refractivity contribution is 0.0520. The molecule has 2 amide bonds. The average molecular weight is 498 g/mol. The summed E-state index contributed by atoms with van der Waals surface area (Å²) in [6, 6.07) is 5.20. The molecule has 5 heterocycles. The number of amides is 2. The van der Waals surface area contributed by atoms with Crippen LogP contribution in [0.15, 0.2) is 36.8 Å². The molecule has 1 fully saturated rings. The number of aromatic nitrogens is 4. The molecule has 3 aromatic rings. The fourth-order valence-electron chi connectivity index (χ4n) is 4.24. The van der Waals surface area contributed by atoms with E-state index in [1.807, 2.05) is 25.1 Å². The number of halogens is 1. The lowest BCUT2D eigenvalue weighted by Crippen LogP contribution is -2.48. The normalized spacial score (nSPS) is 17.2. The molecule has 12 heteroatoms. The van der Waals surface area contributed by atoms with Crippen molar-refractivity contribution in [2.75, 3.05) is 41.4 Å². The molecule has 1 saturated heterocycles. The largest absolute Gasteiger partial charge is 0.474 e. The Morgan fingerprint density at radius 3 is 2.91 bits per heavy atom. The Morgan fingerprint density at radius 1 is 1.31 bits per heavy atom. The molecule has 2 bridgehead atoms. The van der Waals surface area contributed by atoms with Crippen molar-refractivity contribution in [3.63, 3.8) is 0 Å². The molecule has 0 saturated carbocycles. The number of hydrogen-bond donors (Lipinski definition) is 3. The van der Waals surface area contributed by atoms with Crippen molar-refractivity contribution in [3.05, 3.63) is 47.5 Å².